The molecule has 0 saturated carbocycles. The van der Waals surface area contributed by atoms with Crippen molar-refractivity contribution in [1.82, 2.24) is 16.0 Å². The Morgan fingerprint density at radius 2 is 1.36 bits per heavy atom. The van der Waals surface area contributed by atoms with E-state index < -0.39 is 65.2 Å². The summed E-state index contributed by atoms with van der Waals surface area (Å²) in [7, 11) is 1.14. The minimum absolute atomic E-state index is 0.0248. The van der Waals surface area contributed by atoms with E-state index in [9.17, 15) is 29.1 Å². The number of rotatable bonds is 13. The molecule has 0 bridgehead atoms. The van der Waals surface area contributed by atoms with E-state index in [2.05, 4.69) is 16.0 Å². The van der Waals surface area contributed by atoms with Crippen LogP contribution in [0.2, 0.25) is 0 Å². The zero-order valence-electron chi connectivity index (χ0n) is 24.1. The molecule has 1 unspecified atom stereocenters. The fraction of sp³-hybridized carbons (Fsp3) is 0.607. The highest BCUT2D eigenvalue weighted by Gasteiger charge is 2.38. The average molecular weight is 550 g/mol. The van der Waals surface area contributed by atoms with Crippen LogP contribution in [0.25, 0.3) is 0 Å². The summed E-state index contributed by atoms with van der Waals surface area (Å²) in [4.78, 5) is 63.1. The van der Waals surface area contributed by atoms with Gasteiger partial charge in [-0.05, 0) is 29.2 Å². The molecule has 0 radical (unpaired) electrons. The van der Waals surface area contributed by atoms with Gasteiger partial charge < -0.3 is 30.5 Å². The standard InChI is InChI=1S/C28H43N3O8/c1-16(2)21(23(32)29-20(26(36)38-8)14-19(25(34)35)28(5,6)7)30-24(33)22(17(3)4)31-27(37)39-15-18-12-10-9-11-13-18/h9-13,16-17,19-22H,14-15H2,1-8H3,(H,29,32)(H,30,33)(H,31,37)(H,34,35)/t19?,20-,21-,22-/m0/s1. The predicted octanol–water partition coefficient (Wildman–Crippen LogP) is 2.87. The second kappa shape index (κ2) is 15.1. The summed E-state index contributed by atoms with van der Waals surface area (Å²) in [5, 5.41) is 17.4. The number of esters is 1. The van der Waals surface area contributed by atoms with Crippen molar-refractivity contribution in [3.05, 3.63) is 35.9 Å². The fourth-order valence-electron chi connectivity index (χ4n) is 3.88. The Labute approximate surface area is 230 Å². The lowest BCUT2D eigenvalue weighted by atomic mass is 9.77. The highest BCUT2D eigenvalue weighted by molar-refractivity contribution is 5.93. The highest BCUT2D eigenvalue weighted by atomic mass is 16.5. The molecule has 0 saturated heterocycles. The summed E-state index contributed by atoms with van der Waals surface area (Å²) in [6.07, 6.45) is -0.981. The number of carbonyl (C=O) groups excluding carboxylic acids is 4. The molecule has 0 fully saturated rings. The molecular formula is C28H43N3O8. The number of amides is 3. The maximum Gasteiger partial charge on any atom is 0.408 e. The lowest BCUT2D eigenvalue weighted by molar-refractivity contribution is -0.150. The molecule has 1 rings (SSSR count). The van der Waals surface area contributed by atoms with E-state index in [1.807, 2.05) is 18.2 Å². The topological polar surface area (TPSA) is 160 Å². The number of benzene rings is 1. The van der Waals surface area contributed by atoms with Crippen LogP contribution < -0.4 is 16.0 Å². The quantitative estimate of drug-likeness (QED) is 0.273. The average Bonchev–Trinajstić information content (AvgIpc) is 2.85. The molecular weight excluding hydrogens is 506 g/mol. The molecule has 4 atom stereocenters. The van der Waals surface area contributed by atoms with Crippen molar-refractivity contribution in [2.24, 2.45) is 23.2 Å². The van der Waals surface area contributed by atoms with Crippen molar-refractivity contribution in [1.29, 1.82) is 0 Å². The van der Waals surface area contributed by atoms with Crippen molar-refractivity contribution in [2.45, 2.75) is 79.6 Å². The largest absolute Gasteiger partial charge is 0.481 e. The number of aliphatic carboxylic acids is 1. The van der Waals surface area contributed by atoms with Crippen LogP contribution in [0.4, 0.5) is 4.79 Å². The second-order valence-corrected chi connectivity index (χ2v) is 11.2. The predicted molar refractivity (Wildman–Crippen MR) is 144 cm³/mol. The van der Waals surface area contributed by atoms with Crippen molar-refractivity contribution in [2.75, 3.05) is 7.11 Å². The van der Waals surface area contributed by atoms with Crippen molar-refractivity contribution < 1.29 is 38.6 Å². The van der Waals surface area contributed by atoms with Gasteiger partial charge in [0.25, 0.3) is 0 Å². The van der Waals surface area contributed by atoms with Gasteiger partial charge in [0, 0.05) is 0 Å². The Kier molecular flexibility index (Phi) is 12.9. The maximum absolute atomic E-state index is 13.2. The summed E-state index contributed by atoms with van der Waals surface area (Å²) < 4.78 is 10.0. The summed E-state index contributed by atoms with van der Waals surface area (Å²) in [6, 6.07) is 5.74. The van der Waals surface area contributed by atoms with E-state index in [-0.39, 0.29) is 18.9 Å². The zero-order chi connectivity index (χ0) is 29.9. The number of ether oxygens (including phenoxy) is 2. The van der Waals surface area contributed by atoms with Crippen LogP contribution in [0.1, 0.15) is 60.5 Å². The van der Waals surface area contributed by atoms with Gasteiger partial charge in [-0.2, -0.15) is 0 Å². The van der Waals surface area contributed by atoms with Gasteiger partial charge in [-0.1, -0.05) is 78.8 Å². The third-order valence-corrected chi connectivity index (χ3v) is 6.30. The molecule has 0 spiro atoms. The van der Waals surface area contributed by atoms with Gasteiger partial charge in [0.1, 0.15) is 24.7 Å². The lowest BCUT2D eigenvalue weighted by Crippen LogP contribution is -2.58. The second-order valence-electron chi connectivity index (χ2n) is 11.2. The van der Waals surface area contributed by atoms with Crippen LogP contribution in [0, 0.1) is 23.2 Å². The van der Waals surface area contributed by atoms with Gasteiger partial charge in [0.2, 0.25) is 11.8 Å². The molecule has 0 heterocycles. The summed E-state index contributed by atoms with van der Waals surface area (Å²) in [5.74, 6) is -4.88. The molecule has 1 aromatic rings. The zero-order valence-corrected chi connectivity index (χ0v) is 24.1. The number of hydrogen-bond donors (Lipinski definition) is 4. The third-order valence-electron chi connectivity index (χ3n) is 6.30. The molecule has 218 valence electrons. The SMILES string of the molecule is COC(=O)[C@H](CC(C(=O)O)C(C)(C)C)NC(=O)[C@@H](NC(=O)[C@@H](NC(=O)OCc1ccccc1)C(C)C)C(C)C. The van der Waals surface area contributed by atoms with Gasteiger partial charge in [-0.15, -0.1) is 0 Å². The molecule has 11 heteroatoms. The summed E-state index contributed by atoms with van der Waals surface area (Å²) in [5.41, 5.74) is 0.0891. The number of carbonyl (C=O) groups is 5. The van der Waals surface area contributed by atoms with E-state index in [1.165, 1.54) is 0 Å². The van der Waals surface area contributed by atoms with Crippen LogP contribution in [0.3, 0.4) is 0 Å². The van der Waals surface area contributed by atoms with Crippen molar-refractivity contribution >= 4 is 29.8 Å². The van der Waals surface area contributed by atoms with Gasteiger partial charge in [0.15, 0.2) is 0 Å². The molecule has 0 aliphatic carbocycles. The summed E-state index contributed by atoms with van der Waals surface area (Å²) in [6.45, 7) is 12.1. The van der Waals surface area contributed by atoms with Crippen LogP contribution in [-0.2, 0) is 35.3 Å². The molecule has 0 aliphatic heterocycles. The Morgan fingerprint density at radius 3 is 1.82 bits per heavy atom. The summed E-state index contributed by atoms with van der Waals surface area (Å²) >= 11 is 0. The number of carboxylic acid groups (broad SMARTS) is 1. The first kappa shape index (κ1) is 33.4. The number of hydrogen-bond acceptors (Lipinski definition) is 7. The normalized spacial score (nSPS) is 14.5. The molecule has 3 amide bonds. The molecule has 39 heavy (non-hydrogen) atoms. The van der Waals surface area contributed by atoms with E-state index >= 15 is 0 Å². The van der Waals surface area contributed by atoms with Gasteiger partial charge in [-0.25, -0.2) is 9.59 Å². The van der Waals surface area contributed by atoms with Crippen LogP contribution in [-0.4, -0.2) is 60.2 Å². The fourth-order valence-corrected chi connectivity index (χ4v) is 3.88. The molecule has 1 aromatic carbocycles. The minimum atomic E-state index is -1.24. The molecule has 11 nitrogen and oxygen atoms in total. The monoisotopic (exact) mass is 549 g/mol. The van der Waals surface area contributed by atoms with E-state index in [0.717, 1.165) is 12.7 Å². The van der Waals surface area contributed by atoms with Crippen LogP contribution >= 0.6 is 0 Å². The van der Waals surface area contributed by atoms with Crippen LogP contribution in [0.5, 0.6) is 0 Å². The molecule has 4 N–H and O–H groups in total. The molecule has 0 aliphatic rings. The number of carboxylic acids is 1. The number of alkyl carbamates (subject to hydrolysis) is 1. The van der Waals surface area contributed by atoms with Crippen molar-refractivity contribution in [3.63, 3.8) is 0 Å². The van der Waals surface area contributed by atoms with Gasteiger partial charge in [-0.3, -0.25) is 14.4 Å². The van der Waals surface area contributed by atoms with Crippen molar-refractivity contribution in [3.8, 4) is 0 Å². The first-order chi connectivity index (χ1) is 18.1. The first-order valence-corrected chi connectivity index (χ1v) is 13.0. The number of nitrogens with one attached hydrogen (secondary N) is 3. The first-order valence-electron chi connectivity index (χ1n) is 13.0. The van der Waals surface area contributed by atoms with Crippen LogP contribution in [0.15, 0.2) is 30.3 Å². The minimum Gasteiger partial charge on any atom is -0.481 e. The van der Waals surface area contributed by atoms with Gasteiger partial charge >= 0.3 is 18.0 Å². The smallest absolute Gasteiger partial charge is 0.408 e. The number of methoxy groups -OCH3 is 1. The maximum atomic E-state index is 13.2. The molecule has 0 aromatic heterocycles. The Bertz CT molecular complexity index is 988. The van der Waals surface area contributed by atoms with E-state index in [0.29, 0.717) is 0 Å². The third kappa shape index (κ3) is 10.9. The lowest BCUT2D eigenvalue weighted by Gasteiger charge is -2.31. The Morgan fingerprint density at radius 1 is 0.846 bits per heavy atom. The Hall–Kier alpha value is -3.63. The van der Waals surface area contributed by atoms with E-state index in [4.69, 9.17) is 9.47 Å². The van der Waals surface area contributed by atoms with E-state index in [1.54, 1.807) is 60.6 Å². The highest BCUT2D eigenvalue weighted by Crippen LogP contribution is 2.30. The Balaban J connectivity index is 2.98. The van der Waals surface area contributed by atoms with Gasteiger partial charge in [0.05, 0.1) is 13.0 Å².